The van der Waals surface area contributed by atoms with Crippen LogP contribution < -0.4 is 0 Å². The maximum atomic E-state index is 8.79. The van der Waals surface area contributed by atoms with Gasteiger partial charge in [-0.3, -0.25) is 0 Å². The molecule has 0 spiro atoms. The molecule has 1 heterocycles. The fourth-order valence-electron chi connectivity index (χ4n) is 1.29. The Morgan fingerprint density at radius 3 is 2.87 bits per heavy atom. The van der Waals surface area contributed by atoms with Gasteiger partial charge >= 0.3 is 0 Å². The SMILES string of the molecule is OCCc1csc(-c2ccccc2Cl)n1. The van der Waals surface area contributed by atoms with Gasteiger partial charge in [-0.25, -0.2) is 4.98 Å². The number of hydrogen-bond donors (Lipinski definition) is 1. The summed E-state index contributed by atoms with van der Waals surface area (Å²) in [6.45, 7) is 0.131. The number of nitrogens with zero attached hydrogens (tertiary/aromatic N) is 1. The predicted molar refractivity (Wildman–Crippen MR) is 63.3 cm³/mol. The number of hydrogen-bond acceptors (Lipinski definition) is 3. The smallest absolute Gasteiger partial charge is 0.125 e. The lowest BCUT2D eigenvalue weighted by molar-refractivity contribution is 0.298. The monoisotopic (exact) mass is 239 g/mol. The first-order chi connectivity index (χ1) is 7.31. The molecule has 0 atom stereocenters. The molecule has 1 aromatic carbocycles. The number of aliphatic hydroxyl groups is 1. The highest BCUT2D eigenvalue weighted by Crippen LogP contribution is 2.29. The summed E-state index contributed by atoms with van der Waals surface area (Å²) in [5.74, 6) is 0. The first kappa shape index (κ1) is 10.6. The van der Waals surface area contributed by atoms with Crippen LogP contribution in [0, 0.1) is 0 Å². The minimum Gasteiger partial charge on any atom is -0.396 e. The normalized spacial score (nSPS) is 10.5. The zero-order valence-electron chi connectivity index (χ0n) is 7.98. The highest BCUT2D eigenvalue weighted by atomic mass is 35.5. The molecule has 78 valence electrons. The number of rotatable bonds is 3. The number of aliphatic hydroxyl groups excluding tert-OH is 1. The average Bonchev–Trinajstić information content (AvgIpc) is 2.68. The lowest BCUT2D eigenvalue weighted by atomic mass is 10.2. The van der Waals surface area contributed by atoms with Crippen molar-refractivity contribution in [3.05, 3.63) is 40.4 Å². The largest absolute Gasteiger partial charge is 0.396 e. The Balaban J connectivity index is 2.33. The fraction of sp³-hybridized carbons (Fsp3) is 0.182. The molecule has 0 radical (unpaired) electrons. The second kappa shape index (κ2) is 4.75. The molecule has 0 unspecified atom stereocenters. The average molecular weight is 240 g/mol. The third-order valence-electron chi connectivity index (χ3n) is 2.02. The van der Waals surface area contributed by atoms with Crippen molar-refractivity contribution in [1.82, 2.24) is 4.98 Å². The first-order valence-electron chi connectivity index (χ1n) is 4.61. The van der Waals surface area contributed by atoms with Crippen LogP contribution in [0.15, 0.2) is 29.6 Å². The molecule has 1 N–H and O–H groups in total. The number of halogens is 1. The summed E-state index contributed by atoms with van der Waals surface area (Å²) in [5.41, 5.74) is 1.87. The zero-order valence-corrected chi connectivity index (χ0v) is 9.55. The maximum absolute atomic E-state index is 8.79. The second-order valence-corrected chi connectivity index (χ2v) is 4.36. The Kier molecular flexibility index (Phi) is 3.36. The van der Waals surface area contributed by atoms with Crippen LogP contribution in [0.25, 0.3) is 10.6 Å². The minimum absolute atomic E-state index is 0.131. The van der Waals surface area contributed by atoms with Crippen molar-refractivity contribution in [1.29, 1.82) is 0 Å². The van der Waals surface area contributed by atoms with Crippen LogP contribution in [0.3, 0.4) is 0 Å². The molecular weight excluding hydrogens is 230 g/mol. The van der Waals surface area contributed by atoms with Crippen LogP contribution in [-0.4, -0.2) is 16.7 Å². The molecule has 2 aromatic rings. The van der Waals surface area contributed by atoms with E-state index in [2.05, 4.69) is 4.98 Å². The van der Waals surface area contributed by atoms with Crippen LogP contribution >= 0.6 is 22.9 Å². The lowest BCUT2D eigenvalue weighted by Gasteiger charge is -1.98. The van der Waals surface area contributed by atoms with Crippen molar-refractivity contribution >= 4 is 22.9 Å². The van der Waals surface area contributed by atoms with E-state index in [1.54, 1.807) is 11.3 Å². The van der Waals surface area contributed by atoms with Gasteiger partial charge < -0.3 is 5.11 Å². The van der Waals surface area contributed by atoms with Crippen LogP contribution in [0.1, 0.15) is 5.69 Å². The third kappa shape index (κ3) is 2.37. The number of thiazole rings is 1. The molecule has 0 saturated heterocycles. The summed E-state index contributed by atoms with van der Waals surface area (Å²) in [6.07, 6.45) is 0.598. The van der Waals surface area contributed by atoms with Gasteiger partial charge in [-0.15, -0.1) is 11.3 Å². The van der Waals surface area contributed by atoms with Crippen molar-refractivity contribution in [3.8, 4) is 10.6 Å². The van der Waals surface area contributed by atoms with Gasteiger partial charge in [0.05, 0.1) is 10.7 Å². The summed E-state index contributed by atoms with van der Waals surface area (Å²) < 4.78 is 0. The second-order valence-electron chi connectivity index (χ2n) is 3.10. The molecule has 15 heavy (non-hydrogen) atoms. The van der Waals surface area contributed by atoms with Gasteiger partial charge in [0, 0.05) is 24.0 Å². The van der Waals surface area contributed by atoms with E-state index in [1.807, 2.05) is 29.6 Å². The summed E-state index contributed by atoms with van der Waals surface area (Å²) in [7, 11) is 0. The molecule has 0 aliphatic heterocycles. The van der Waals surface area contributed by atoms with Gasteiger partial charge in [-0.1, -0.05) is 29.8 Å². The van der Waals surface area contributed by atoms with Crippen LogP contribution in [0.5, 0.6) is 0 Å². The van der Waals surface area contributed by atoms with Gasteiger partial charge in [0.25, 0.3) is 0 Å². The standard InChI is InChI=1S/C11H10ClNOS/c12-10-4-2-1-3-9(10)11-13-8(5-6-14)7-15-11/h1-4,7,14H,5-6H2. The minimum atomic E-state index is 0.131. The van der Waals surface area contributed by atoms with E-state index in [1.165, 1.54) is 0 Å². The molecule has 0 fully saturated rings. The summed E-state index contributed by atoms with van der Waals surface area (Å²) in [4.78, 5) is 4.41. The number of benzene rings is 1. The van der Waals surface area contributed by atoms with Crippen molar-refractivity contribution in [2.45, 2.75) is 6.42 Å². The third-order valence-corrected chi connectivity index (χ3v) is 3.28. The summed E-state index contributed by atoms with van der Waals surface area (Å²) >= 11 is 7.61. The molecular formula is C11H10ClNOS. The molecule has 0 bridgehead atoms. The van der Waals surface area contributed by atoms with Crippen LogP contribution in [0.2, 0.25) is 5.02 Å². The highest BCUT2D eigenvalue weighted by Gasteiger charge is 2.07. The van der Waals surface area contributed by atoms with E-state index >= 15 is 0 Å². The Morgan fingerprint density at radius 2 is 2.13 bits per heavy atom. The quantitative estimate of drug-likeness (QED) is 0.893. The molecule has 0 saturated carbocycles. The Labute approximate surface area is 97.2 Å². The summed E-state index contributed by atoms with van der Waals surface area (Å²) in [6, 6.07) is 7.64. The van der Waals surface area contributed by atoms with E-state index in [0.717, 1.165) is 16.3 Å². The molecule has 2 rings (SSSR count). The molecule has 4 heteroatoms. The zero-order chi connectivity index (χ0) is 10.7. The molecule has 1 aromatic heterocycles. The van der Waals surface area contributed by atoms with E-state index in [-0.39, 0.29) is 6.61 Å². The van der Waals surface area contributed by atoms with Crippen molar-refractivity contribution in [2.75, 3.05) is 6.61 Å². The predicted octanol–water partition coefficient (Wildman–Crippen LogP) is 3.00. The van der Waals surface area contributed by atoms with Gasteiger partial charge in [0.15, 0.2) is 0 Å². The molecule has 0 amide bonds. The molecule has 0 aliphatic carbocycles. The van der Waals surface area contributed by atoms with Gasteiger partial charge in [-0.05, 0) is 6.07 Å². The van der Waals surface area contributed by atoms with E-state index in [9.17, 15) is 0 Å². The Morgan fingerprint density at radius 1 is 1.33 bits per heavy atom. The van der Waals surface area contributed by atoms with Crippen LogP contribution in [-0.2, 0) is 6.42 Å². The van der Waals surface area contributed by atoms with Gasteiger partial charge in [-0.2, -0.15) is 0 Å². The van der Waals surface area contributed by atoms with E-state index < -0.39 is 0 Å². The number of aromatic nitrogens is 1. The molecule has 0 aliphatic rings. The Bertz CT molecular complexity index is 455. The summed E-state index contributed by atoms with van der Waals surface area (Å²) in [5, 5.41) is 12.4. The van der Waals surface area contributed by atoms with Gasteiger partial charge in [0.2, 0.25) is 0 Å². The van der Waals surface area contributed by atoms with Crippen molar-refractivity contribution < 1.29 is 5.11 Å². The fourth-order valence-corrected chi connectivity index (χ4v) is 2.47. The molecule has 2 nitrogen and oxygen atoms in total. The highest BCUT2D eigenvalue weighted by molar-refractivity contribution is 7.13. The van der Waals surface area contributed by atoms with Crippen molar-refractivity contribution in [3.63, 3.8) is 0 Å². The van der Waals surface area contributed by atoms with Crippen LogP contribution in [0.4, 0.5) is 0 Å². The first-order valence-corrected chi connectivity index (χ1v) is 5.87. The van der Waals surface area contributed by atoms with Gasteiger partial charge in [0.1, 0.15) is 5.01 Å². The maximum Gasteiger partial charge on any atom is 0.125 e. The van der Waals surface area contributed by atoms with Crippen molar-refractivity contribution in [2.24, 2.45) is 0 Å². The lowest BCUT2D eigenvalue weighted by Crippen LogP contribution is -1.90. The topological polar surface area (TPSA) is 33.1 Å². The van der Waals surface area contributed by atoms with E-state index in [4.69, 9.17) is 16.7 Å². The Hall–Kier alpha value is -0.900. The van der Waals surface area contributed by atoms with E-state index in [0.29, 0.717) is 11.4 Å².